The Morgan fingerprint density at radius 2 is 2.00 bits per heavy atom. The maximum absolute atomic E-state index is 3.74. The van der Waals surface area contributed by atoms with Crippen LogP contribution >= 0.6 is 0 Å². The summed E-state index contributed by atoms with van der Waals surface area (Å²) in [4.78, 5) is 7.35. The fourth-order valence-corrected chi connectivity index (χ4v) is 0.323. The minimum Gasteiger partial charge on any atom is -0.374 e. The second-order valence-corrected chi connectivity index (χ2v) is 1.30. The molecule has 0 amide bonds. The van der Waals surface area contributed by atoms with Crippen LogP contribution in [0.25, 0.3) is 0 Å². The van der Waals surface area contributed by atoms with Gasteiger partial charge >= 0.3 is 0 Å². The average Bonchev–Trinajstić information content (AvgIpc) is 1.94. The summed E-state index contributed by atoms with van der Waals surface area (Å²) >= 11 is 0. The second-order valence-electron chi connectivity index (χ2n) is 1.30. The molecule has 3 heteroatoms. The largest absolute Gasteiger partial charge is 0.374 e. The summed E-state index contributed by atoms with van der Waals surface area (Å²) in [6, 6.07) is 1.83. The molecule has 0 atom stereocenters. The predicted molar refractivity (Wildman–Crippen MR) is 37.0 cm³/mol. The number of nitrogens with zero attached hydrogens (tertiary/aromatic N) is 2. The van der Waals surface area contributed by atoms with Crippen LogP contribution in [0.3, 0.4) is 0 Å². The van der Waals surface area contributed by atoms with Crippen LogP contribution < -0.4 is 0 Å². The van der Waals surface area contributed by atoms with E-state index < -0.39 is 0 Å². The summed E-state index contributed by atoms with van der Waals surface area (Å²) in [5, 5.41) is 0. The molecule has 0 unspecified atom stereocenters. The SMILES string of the molecule is CC.Cc1ccn[c-]n1.[Y]. The summed E-state index contributed by atoms with van der Waals surface area (Å²) in [5.74, 6) is 0. The zero-order chi connectivity index (χ0) is 7.11. The van der Waals surface area contributed by atoms with Gasteiger partial charge in [-0.2, -0.15) is 0 Å². The molecule has 0 aliphatic rings. The maximum Gasteiger partial charge on any atom is 0.0215 e. The summed E-state index contributed by atoms with van der Waals surface area (Å²) in [7, 11) is 0. The van der Waals surface area contributed by atoms with Crippen LogP contribution in [0.5, 0.6) is 0 Å². The van der Waals surface area contributed by atoms with E-state index >= 15 is 0 Å². The Labute approximate surface area is 87.4 Å². The van der Waals surface area contributed by atoms with Crippen molar-refractivity contribution in [2.24, 2.45) is 0 Å². The number of aromatic nitrogens is 2. The molecule has 2 nitrogen and oxygen atoms in total. The van der Waals surface area contributed by atoms with E-state index in [-0.39, 0.29) is 32.7 Å². The molecule has 53 valence electrons. The summed E-state index contributed by atoms with van der Waals surface area (Å²) in [6.07, 6.45) is 4.13. The molecule has 0 aliphatic carbocycles. The topological polar surface area (TPSA) is 25.8 Å². The van der Waals surface area contributed by atoms with Gasteiger partial charge in [-0.25, -0.2) is 0 Å². The maximum atomic E-state index is 3.74. The number of hydrogen-bond donors (Lipinski definition) is 0. The monoisotopic (exact) mass is 212 g/mol. The number of aryl methyl sites for hydroxylation is 1. The Bertz CT molecular complexity index is 142. The van der Waals surface area contributed by atoms with Gasteiger partial charge in [0.25, 0.3) is 0 Å². The van der Waals surface area contributed by atoms with Crippen molar-refractivity contribution in [3.63, 3.8) is 0 Å². The average molecular weight is 212 g/mol. The van der Waals surface area contributed by atoms with Crippen LogP contribution in [-0.2, 0) is 32.7 Å². The van der Waals surface area contributed by atoms with Crippen molar-refractivity contribution in [3.05, 3.63) is 24.3 Å². The van der Waals surface area contributed by atoms with Crippen molar-refractivity contribution in [1.82, 2.24) is 9.97 Å². The summed E-state index contributed by atoms with van der Waals surface area (Å²) in [5.41, 5.74) is 0.954. The Hall–Kier alpha value is 0.184. The molecule has 1 aromatic rings. The van der Waals surface area contributed by atoms with Crippen LogP contribution in [0.1, 0.15) is 19.5 Å². The first-order valence-electron chi connectivity index (χ1n) is 3.05. The molecule has 0 aliphatic heterocycles. The van der Waals surface area contributed by atoms with Crippen molar-refractivity contribution in [2.45, 2.75) is 20.8 Å². The van der Waals surface area contributed by atoms with E-state index in [1.165, 1.54) is 0 Å². The van der Waals surface area contributed by atoms with Crippen molar-refractivity contribution in [3.8, 4) is 0 Å². The molecule has 0 saturated carbocycles. The summed E-state index contributed by atoms with van der Waals surface area (Å²) in [6.45, 7) is 5.90. The molecule has 1 radical (unpaired) electrons. The normalized spacial score (nSPS) is 6.70. The van der Waals surface area contributed by atoms with Crippen LogP contribution in [0.2, 0.25) is 0 Å². The Morgan fingerprint density at radius 1 is 1.40 bits per heavy atom. The van der Waals surface area contributed by atoms with Crippen molar-refractivity contribution >= 4 is 0 Å². The van der Waals surface area contributed by atoms with E-state index in [1.54, 1.807) is 6.20 Å². The van der Waals surface area contributed by atoms with Crippen molar-refractivity contribution < 1.29 is 32.7 Å². The third-order valence-corrected chi connectivity index (χ3v) is 0.674. The molecule has 10 heavy (non-hydrogen) atoms. The van der Waals surface area contributed by atoms with E-state index in [2.05, 4.69) is 16.3 Å². The minimum atomic E-state index is 0. The third kappa shape index (κ3) is 6.31. The zero-order valence-corrected chi connectivity index (χ0v) is 9.46. The van der Waals surface area contributed by atoms with E-state index in [9.17, 15) is 0 Å². The number of hydrogen-bond acceptors (Lipinski definition) is 2. The molecule has 0 spiro atoms. The minimum absolute atomic E-state index is 0. The predicted octanol–water partition coefficient (Wildman–Crippen LogP) is 1.61. The van der Waals surface area contributed by atoms with Crippen LogP contribution in [0, 0.1) is 13.3 Å². The van der Waals surface area contributed by atoms with Crippen LogP contribution in [-0.4, -0.2) is 9.97 Å². The quantitative estimate of drug-likeness (QED) is 0.610. The van der Waals surface area contributed by atoms with E-state index in [1.807, 2.05) is 26.8 Å². The van der Waals surface area contributed by atoms with Gasteiger partial charge in [-0.3, -0.25) is 0 Å². The third-order valence-electron chi connectivity index (χ3n) is 0.674. The molecule has 0 saturated heterocycles. The van der Waals surface area contributed by atoms with Gasteiger partial charge < -0.3 is 9.97 Å². The molecular weight excluding hydrogens is 201 g/mol. The molecule has 1 heterocycles. The molecule has 0 fully saturated rings. The van der Waals surface area contributed by atoms with Gasteiger partial charge in [0.15, 0.2) is 0 Å². The van der Waals surface area contributed by atoms with Gasteiger partial charge in [0.05, 0.1) is 0 Å². The molecule has 1 rings (SSSR count). The standard InChI is InChI=1S/C5H5N2.C2H6.Y/c1-5-2-3-6-4-7-5;1-2;/h2-3H,1H3;1-2H3;/q-1;;. The number of rotatable bonds is 0. The first kappa shape index (κ1) is 12.8. The van der Waals surface area contributed by atoms with E-state index in [4.69, 9.17) is 0 Å². The van der Waals surface area contributed by atoms with Crippen LogP contribution in [0.4, 0.5) is 0 Å². The molecular formula is C7H11N2Y-. The Kier molecular flexibility index (Phi) is 11.8. The first-order valence-corrected chi connectivity index (χ1v) is 3.05. The van der Waals surface area contributed by atoms with Gasteiger partial charge in [0.2, 0.25) is 0 Å². The fourth-order valence-electron chi connectivity index (χ4n) is 0.323. The molecule has 0 N–H and O–H groups in total. The van der Waals surface area contributed by atoms with Gasteiger partial charge in [0, 0.05) is 39.0 Å². The Morgan fingerprint density at radius 3 is 2.20 bits per heavy atom. The van der Waals surface area contributed by atoms with Gasteiger partial charge in [-0.15, -0.1) is 6.07 Å². The van der Waals surface area contributed by atoms with Gasteiger partial charge in [-0.05, 0) is 0 Å². The van der Waals surface area contributed by atoms with E-state index in [0.717, 1.165) is 5.69 Å². The van der Waals surface area contributed by atoms with Crippen molar-refractivity contribution in [2.75, 3.05) is 0 Å². The zero-order valence-electron chi connectivity index (χ0n) is 6.63. The van der Waals surface area contributed by atoms with E-state index in [0.29, 0.717) is 0 Å². The Balaban J connectivity index is 0. The first-order chi connectivity index (χ1) is 4.39. The second kappa shape index (κ2) is 9.18. The summed E-state index contributed by atoms with van der Waals surface area (Å²) < 4.78 is 0. The smallest absolute Gasteiger partial charge is 0.0215 e. The molecule has 1 aromatic heterocycles. The fraction of sp³-hybridized carbons (Fsp3) is 0.429. The molecule has 0 bridgehead atoms. The van der Waals surface area contributed by atoms with Gasteiger partial charge in [-0.1, -0.05) is 32.7 Å². The van der Waals surface area contributed by atoms with Gasteiger partial charge in [0.1, 0.15) is 0 Å². The van der Waals surface area contributed by atoms with Crippen LogP contribution in [0.15, 0.2) is 12.3 Å². The molecule has 0 aromatic carbocycles. The van der Waals surface area contributed by atoms with Crippen molar-refractivity contribution in [1.29, 1.82) is 0 Å².